The van der Waals surface area contributed by atoms with Crippen LogP contribution >= 0.6 is 11.8 Å². The van der Waals surface area contributed by atoms with Crippen molar-refractivity contribution in [1.29, 1.82) is 0 Å². The van der Waals surface area contributed by atoms with Gasteiger partial charge < -0.3 is 29.2 Å². The highest BCUT2D eigenvalue weighted by atomic mass is 32.2. The molecule has 1 saturated heterocycles. The number of aromatic nitrogens is 4. The molecule has 1 aliphatic heterocycles. The molecule has 0 spiro atoms. The van der Waals surface area contributed by atoms with Gasteiger partial charge >= 0.3 is 0 Å². The summed E-state index contributed by atoms with van der Waals surface area (Å²) in [6.45, 7) is 5.91. The quantitative estimate of drug-likeness (QED) is 0.208. The number of thioether (sulfide) groups is 1. The van der Waals surface area contributed by atoms with E-state index >= 15 is 0 Å². The lowest BCUT2D eigenvalue weighted by molar-refractivity contribution is -0.116. The zero-order chi connectivity index (χ0) is 26.9. The van der Waals surface area contributed by atoms with Crippen molar-refractivity contribution in [3.63, 3.8) is 0 Å². The summed E-state index contributed by atoms with van der Waals surface area (Å²) < 4.78 is 23.4. The van der Waals surface area contributed by atoms with Crippen LogP contribution in [0.1, 0.15) is 18.9 Å². The molecule has 2 aromatic heterocycles. The van der Waals surface area contributed by atoms with Gasteiger partial charge in [0.25, 0.3) is 0 Å². The first-order valence-corrected chi connectivity index (χ1v) is 13.5. The number of carbonyl (C=O) groups is 1. The molecule has 0 saturated carbocycles. The molecule has 0 atom stereocenters. The van der Waals surface area contributed by atoms with Crippen molar-refractivity contribution in [2.45, 2.75) is 25.0 Å². The minimum Gasteiger partial charge on any atom is -0.493 e. The Kier molecular flexibility index (Phi) is 9.66. The normalized spacial score (nSPS) is 13.7. The molecule has 0 bridgehead atoms. The number of benzene rings is 1. The SMILES string of the molecule is CCCSc1nc(N2CCOCC2)c2cnn(CCNC(=O)/C=C\c3cc(OC)c(OC)c(OC)c3)c2n1. The van der Waals surface area contributed by atoms with E-state index in [4.69, 9.17) is 28.9 Å². The molecule has 1 fully saturated rings. The Morgan fingerprint density at radius 1 is 1.13 bits per heavy atom. The fourth-order valence-electron chi connectivity index (χ4n) is 4.07. The zero-order valence-electron chi connectivity index (χ0n) is 22.2. The smallest absolute Gasteiger partial charge is 0.244 e. The van der Waals surface area contributed by atoms with Crippen molar-refractivity contribution in [2.75, 3.05) is 64.8 Å². The third-order valence-electron chi connectivity index (χ3n) is 5.94. The third kappa shape index (κ3) is 6.48. The van der Waals surface area contributed by atoms with Crippen molar-refractivity contribution >= 4 is 40.6 Å². The van der Waals surface area contributed by atoms with E-state index in [1.165, 1.54) is 6.08 Å². The second-order valence-electron chi connectivity index (χ2n) is 8.47. The van der Waals surface area contributed by atoms with Crippen LogP contribution in [0.2, 0.25) is 0 Å². The molecule has 1 aromatic carbocycles. The first kappa shape index (κ1) is 27.5. The molecule has 0 aliphatic carbocycles. The van der Waals surface area contributed by atoms with Gasteiger partial charge in [0.2, 0.25) is 11.7 Å². The Labute approximate surface area is 226 Å². The molecular weight excluding hydrogens is 508 g/mol. The number of hydrogen-bond donors (Lipinski definition) is 1. The number of rotatable bonds is 12. The van der Waals surface area contributed by atoms with Gasteiger partial charge in [0, 0.05) is 31.5 Å². The van der Waals surface area contributed by atoms with Gasteiger partial charge in [-0.2, -0.15) is 5.10 Å². The van der Waals surface area contributed by atoms with Gasteiger partial charge in [-0.1, -0.05) is 18.7 Å². The van der Waals surface area contributed by atoms with E-state index < -0.39 is 0 Å². The summed E-state index contributed by atoms with van der Waals surface area (Å²) >= 11 is 1.64. The highest BCUT2D eigenvalue weighted by Crippen LogP contribution is 2.38. The maximum absolute atomic E-state index is 12.5. The van der Waals surface area contributed by atoms with Crippen LogP contribution in [0.4, 0.5) is 5.82 Å². The lowest BCUT2D eigenvalue weighted by Crippen LogP contribution is -2.37. The van der Waals surface area contributed by atoms with Crippen molar-refractivity contribution in [3.05, 3.63) is 30.0 Å². The van der Waals surface area contributed by atoms with Gasteiger partial charge in [0.1, 0.15) is 5.82 Å². The first-order valence-electron chi connectivity index (χ1n) is 12.5. The Bertz CT molecular complexity index is 1250. The monoisotopic (exact) mass is 542 g/mol. The first-order chi connectivity index (χ1) is 18.6. The van der Waals surface area contributed by atoms with Crippen molar-refractivity contribution in [2.24, 2.45) is 0 Å². The third-order valence-corrected chi connectivity index (χ3v) is 6.99. The highest BCUT2D eigenvalue weighted by Gasteiger charge is 2.20. The molecular formula is C26H34N6O5S. The predicted octanol–water partition coefficient (Wildman–Crippen LogP) is 3.02. The Morgan fingerprint density at radius 2 is 1.87 bits per heavy atom. The number of morpholine rings is 1. The largest absolute Gasteiger partial charge is 0.493 e. The highest BCUT2D eigenvalue weighted by molar-refractivity contribution is 7.99. The number of nitrogens with one attached hydrogen (secondary N) is 1. The molecule has 3 aromatic rings. The fraction of sp³-hybridized carbons (Fsp3) is 0.462. The Morgan fingerprint density at radius 3 is 2.53 bits per heavy atom. The van der Waals surface area contributed by atoms with Crippen LogP contribution in [0.3, 0.4) is 0 Å². The van der Waals surface area contributed by atoms with Gasteiger partial charge in [-0.3, -0.25) is 4.79 Å². The number of nitrogens with zero attached hydrogens (tertiary/aromatic N) is 5. The molecule has 1 N–H and O–H groups in total. The van der Waals surface area contributed by atoms with Crippen LogP contribution in [0, 0.1) is 0 Å². The van der Waals surface area contributed by atoms with Gasteiger partial charge in [-0.25, -0.2) is 14.6 Å². The van der Waals surface area contributed by atoms with Crippen LogP contribution in [0.5, 0.6) is 17.2 Å². The summed E-state index contributed by atoms with van der Waals surface area (Å²) in [6.07, 6.45) is 6.01. The molecule has 0 radical (unpaired) electrons. The van der Waals surface area contributed by atoms with Gasteiger partial charge in [0.05, 0.1) is 52.7 Å². The molecule has 11 nitrogen and oxygen atoms in total. The van der Waals surface area contributed by atoms with Gasteiger partial charge in [-0.15, -0.1) is 0 Å². The summed E-state index contributed by atoms with van der Waals surface area (Å²) in [6, 6.07) is 3.56. The van der Waals surface area contributed by atoms with E-state index in [9.17, 15) is 4.79 Å². The van der Waals surface area contributed by atoms with Crippen molar-refractivity contribution in [1.82, 2.24) is 25.1 Å². The zero-order valence-corrected chi connectivity index (χ0v) is 23.0. The van der Waals surface area contributed by atoms with Gasteiger partial charge in [0.15, 0.2) is 22.3 Å². The summed E-state index contributed by atoms with van der Waals surface area (Å²) in [5, 5.41) is 9.11. The van der Waals surface area contributed by atoms with E-state index in [-0.39, 0.29) is 5.91 Å². The van der Waals surface area contributed by atoms with E-state index in [1.807, 2.05) is 4.68 Å². The average Bonchev–Trinajstić information content (AvgIpc) is 3.37. The molecule has 38 heavy (non-hydrogen) atoms. The fourth-order valence-corrected chi connectivity index (χ4v) is 4.76. The molecule has 12 heteroatoms. The maximum atomic E-state index is 12.5. The molecule has 1 amide bonds. The summed E-state index contributed by atoms with van der Waals surface area (Å²) in [7, 11) is 4.65. The van der Waals surface area contributed by atoms with Crippen LogP contribution in [-0.4, -0.2) is 85.6 Å². The number of anilines is 1. The molecule has 1 aliphatic rings. The molecule has 204 valence electrons. The van der Waals surface area contributed by atoms with Crippen LogP contribution in [0.25, 0.3) is 17.1 Å². The minimum absolute atomic E-state index is 0.224. The minimum atomic E-state index is -0.224. The van der Waals surface area contributed by atoms with Crippen LogP contribution in [-0.2, 0) is 16.1 Å². The summed E-state index contributed by atoms with van der Waals surface area (Å²) in [5.74, 6) is 3.15. The number of fused-ring (bicyclic) bond motifs is 1. The van der Waals surface area contributed by atoms with Crippen molar-refractivity contribution < 1.29 is 23.7 Å². The van der Waals surface area contributed by atoms with E-state index in [2.05, 4.69) is 22.2 Å². The Balaban J connectivity index is 1.44. The molecule has 4 rings (SSSR count). The Hall–Kier alpha value is -3.51. The average molecular weight is 543 g/mol. The predicted molar refractivity (Wildman–Crippen MR) is 148 cm³/mol. The summed E-state index contributed by atoms with van der Waals surface area (Å²) in [4.78, 5) is 24.4. The lowest BCUT2D eigenvalue weighted by atomic mass is 10.1. The second-order valence-corrected chi connectivity index (χ2v) is 9.53. The molecule has 3 heterocycles. The van der Waals surface area contributed by atoms with Gasteiger partial charge in [-0.05, 0) is 30.2 Å². The van der Waals surface area contributed by atoms with E-state index in [0.29, 0.717) is 43.6 Å². The number of ether oxygens (including phenoxy) is 4. The number of methoxy groups -OCH3 is 3. The van der Waals surface area contributed by atoms with Crippen LogP contribution in [0.15, 0.2) is 29.6 Å². The second kappa shape index (κ2) is 13.3. The number of hydrogen-bond acceptors (Lipinski definition) is 10. The number of carbonyl (C=O) groups excluding carboxylic acids is 1. The van der Waals surface area contributed by atoms with E-state index in [0.717, 1.165) is 52.8 Å². The number of amides is 1. The molecule has 0 unspecified atom stereocenters. The van der Waals surface area contributed by atoms with Crippen LogP contribution < -0.4 is 24.4 Å². The topological polar surface area (TPSA) is 113 Å². The van der Waals surface area contributed by atoms with Crippen molar-refractivity contribution in [3.8, 4) is 17.2 Å². The maximum Gasteiger partial charge on any atom is 0.244 e. The lowest BCUT2D eigenvalue weighted by Gasteiger charge is -2.28. The van der Waals surface area contributed by atoms with E-state index in [1.54, 1.807) is 57.5 Å². The summed E-state index contributed by atoms with van der Waals surface area (Å²) in [5.41, 5.74) is 1.51. The standard InChI is InChI=1S/C26H34N6O5S/c1-5-14-38-26-29-24(31-10-12-37-13-11-31)19-17-28-32(25(19)30-26)9-8-27-22(33)7-6-18-15-20(34-2)23(36-4)21(16-18)35-3/h6-7,15-17H,5,8-14H2,1-4H3,(H,27,33)/b7-6-.